The number of H-pyrrole nitrogens is 2. The molecule has 250 valence electrons. The molecule has 2 aliphatic rings. The van der Waals surface area contributed by atoms with Crippen LogP contribution in [-0.4, -0.2) is 78.8 Å². The minimum Gasteiger partial charge on any atom is -0.341 e. The van der Waals surface area contributed by atoms with E-state index in [0.717, 1.165) is 78.8 Å². The van der Waals surface area contributed by atoms with Crippen LogP contribution >= 0.6 is 0 Å². The predicted octanol–water partition coefficient (Wildman–Crippen LogP) is 7.29. The summed E-state index contributed by atoms with van der Waals surface area (Å²) < 4.78 is 0. The topological polar surface area (TPSA) is 136 Å². The first-order chi connectivity index (χ1) is 24.1. The van der Waals surface area contributed by atoms with Crippen molar-refractivity contribution in [3.05, 3.63) is 118 Å². The minimum atomic E-state index is 0.474. The molecule has 4 aromatic carbocycles. The van der Waals surface area contributed by atoms with E-state index in [1.807, 2.05) is 24.3 Å². The lowest BCUT2D eigenvalue weighted by atomic mass is 10.1. The third kappa shape index (κ3) is 6.31. The van der Waals surface area contributed by atoms with E-state index < -0.39 is 0 Å². The zero-order valence-corrected chi connectivity index (χ0v) is 28.9. The fourth-order valence-electron chi connectivity index (χ4n) is 6.89. The Morgan fingerprint density at radius 3 is 1.36 bits per heavy atom. The third-order valence-corrected chi connectivity index (χ3v) is 9.53. The molecule has 2 aromatic heterocycles. The SMILES string of the molecule is Cc1ccc2c(c1)N=C(CN(CCN(CC1=Nc3cc(C)ccc3C1=N)Cc1nc3ccc(C)cc3[nH]1)Cc1nc3ccc(C)cc3[nH]1)C2=N. The van der Waals surface area contributed by atoms with Gasteiger partial charge in [0.2, 0.25) is 0 Å². The van der Waals surface area contributed by atoms with Crippen LogP contribution in [0.3, 0.4) is 0 Å². The van der Waals surface area contributed by atoms with Crippen molar-refractivity contribution < 1.29 is 0 Å². The van der Waals surface area contributed by atoms with Gasteiger partial charge in [-0.2, -0.15) is 0 Å². The van der Waals surface area contributed by atoms with E-state index >= 15 is 0 Å². The Bertz CT molecular complexity index is 2220. The van der Waals surface area contributed by atoms with Gasteiger partial charge in [-0.3, -0.25) is 20.6 Å². The van der Waals surface area contributed by atoms with Crippen LogP contribution in [0.1, 0.15) is 45.0 Å². The van der Waals surface area contributed by atoms with Crippen molar-refractivity contribution in [3.63, 3.8) is 0 Å². The lowest BCUT2D eigenvalue weighted by Crippen LogP contribution is -2.41. The summed E-state index contributed by atoms with van der Waals surface area (Å²) in [6.45, 7) is 11.8. The molecule has 50 heavy (non-hydrogen) atoms. The first kappa shape index (κ1) is 31.7. The first-order valence-electron chi connectivity index (χ1n) is 17.1. The molecule has 0 atom stereocenters. The molecule has 0 saturated carbocycles. The van der Waals surface area contributed by atoms with Gasteiger partial charge in [0.25, 0.3) is 0 Å². The highest BCUT2D eigenvalue weighted by Crippen LogP contribution is 2.30. The summed E-state index contributed by atoms with van der Waals surface area (Å²) in [5.74, 6) is 1.74. The van der Waals surface area contributed by atoms with E-state index in [1.165, 1.54) is 11.1 Å². The maximum Gasteiger partial charge on any atom is 0.121 e. The molecular formula is C40H40N10. The number of hydrogen-bond donors (Lipinski definition) is 4. The minimum absolute atomic E-state index is 0.474. The molecule has 4 N–H and O–H groups in total. The van der Waals surface area contributed by atoms with Gasteiger partial charge in [0, 0.05) is 37.3 Å². The lowest BCUT2D eigenvalue weighted by Gasteiger charge is -2.27. The summed E-state index contributed by atoms with van der Waals surface area (Å²) in [7, 11) is 0. The number of aromatic nitrogens is 4. The van der Waals surface area contributed by atoms with Gasteiger partial charge in [-0.1, -0.05) is 36.4 Å². The molecule has 0 amide bonds. The number of nitrogens with zero attached hydrogens (tertiary/aromatic N) is 6. The summed E-state index contributed by atoms with van der Waals surface area (Å²) in [5, 5.41) is 18.0. The molecule has 0 spiro atoms. The molecule has 0 unspecified atom stereocenters. The summed E-state index contributed by atoms with van der Waals surface area (Å²) in [6.07, 6.45) is 0. The van der Waals surface area contributed by atoms with Crippen molar-refractivity contribution in [1.29, 1.82) is 10.8 Å². The largest absolute Gasteiger partial charge is 0.341 e. The van der Waals surface area contributed by atoms with Crippen LogP contribution in [0.15, 0.2) is 82.8 Å². The summed E-state index contributed by atoms with van der Waals surface area (Å²) in [6, 6.07) is 24.7. The maximum atomic E-state index is 8.98. The predicted molar refractivity (Wildman–Crippen MR) is 202 cm³/mol. The average molecular weight is 661 g/mol. The highest BCUT2D eigenvalue weighted by molar-refractivity contribution is 6.52. The van der Waals surface area contributed by atoms with Gasteiger partial charge in [0.15, 0.2) is 0 Å². The van der Waals surface area contributed by atoms with Crippen molar-refractivity contribution in [2.75, 3.05) is 26.2 Å². The number of rotatable bonds is 11. The Kier molecular flexibility index (Phi) is 8.05. The summed E-state index contributed by atoms with van der Waals surface area (Å²) in [4.78, 5) is 31.4. The van der Waals surface area contributed by atoms with Crippen molar-refractivity contribution in [1.82, 2.24) is 29.7 Å². The van der Waals surface area contributed by atoms with Crippen LogP contribution in [0, 0.1) is 38.5 Å². The number of fused-ring (bicyclic) bond motifs is 4. The summed E-state index contributed by atoms with van der Waals surface area (Å²) in [5.41, 5.74) is 14.5. The number of aryl methyl sites for hydroxylation is 4. The fourth-order valence-corrected chi connectivity index (χ4v) is 6.89. The second-order valence-electron chi connectivity index (χ2n) is 13.7. The van der Waals surface area contributed by atoms with Crippen LogP contribution < -0.4 is 0 Å². The molecule has 0 radical (unpaired) electrons. The molecule has 2 aliphatic heterocycles. The van der Waals surface area contributed by atoms with E-state index in [9.17, 15) is 0 Å². The smallest absolute Gasteiger partial charge is 0.121 e. The van der Waals surface area contributed by atoms with E-state index in [1.54, 1.807) is 0 Å². The number of benzene rings is 4. The molecule has 0 saturated heterocycles. The molecule has 10 nitrogen and oxygen atoms in total. The molecule has 0 fully saturated rings. The number of imidazole rings is 2. The molecule has 6 aromatic rings. The van der Waals surface area contributed by atoms with Gasteiger partial charge < -0.3 is 9.97 Å². The Morgan fingerprint density at radius 1 is 0.520 bits per heavy atom. The Labute approximate surface area is 291 Å². The first-order valence-corrected chi connectivity index (χ1v) is 17.1. The second kappa shape index (κ2) is 12.7. The Morgan fingerprint density at radius 2 is 0.920 bits per heavy atom. The van der Waals surface area contributed by atoms with Crippen LogP contribution in [0.2, 0.25) is 0 Å². The number of aromatic amines is 2. The van der Waals surface area contributed by atoms with E-state index in [4.69, 9.17) is 30.8 Å². The second-order valence-corrected chi connectivity index (χ2v) is 13.7. The molecule has 8 rings (SSSR count). The van der Waals surface area contributed by atoms with Crippen molar-refractivity contribution in [2.24, 2.45) is 9.98 Å². The molecule has 0 bridgehead atoms. The van der Waals surface area contributed by atoms with Gasteiger partial charge >= 0.3 is 0 Å². The van der Waals surface area contributed by atoms with E-state index in [0.29, 0.717) is 50.7 Å². The summed E-state index contributed by atoms with van der Waals surface area (Å²) >= 11 is 0. The standard InChI is InChI=1S/C40H40N10/c1-23-5-9-27-31(15-23)43-35(39(27)41)19-49(21-37-45-29-11-7-25(3)17-33(29)47-37)13-14-50(22-38-46-30-12-8-26(4)18-34(30)48-38)20-36-40(42)28-10-6-24(2)16-32(28)44-36/h5-12,15-18,41-42H,13-14,19-22H2,1-4H3,(H,45,47)(H,46,48). The van der Waals surface area contributed by atoms with E-state index in [2.05, 4.69) is 96.0 Å². The molecule has 0 aliphatic carbocycles. The molecule has 4 heterocycles. The molecule has 10 heteroatoms. The zero-order chi connectivity index (χ0) is 34.5. The third-order valence-electron chi connectivity index (χ3n) is 9.53. The van der Waals surface area contributed by atoms with Crippen LogP contribution in [0.4, 0.5) is 11.4 Å². The van der Waals surface area contributed by atoms with E-state index in [-0.39, 0.29) is 0 Å². The Balaban J connectivity index is 1.08. The van der Waals surface area contributed by atoms with Crippen LogP contribution in [0.25, 0.3) is 22.1 Å². The van der Waals surface area contributed by atoms with Gasteiger partial charge in [-0.15, -0.1) is 0 Å². The van der Waals surface area contributed by atoms with Gasteiger partial charge in [-0.05, 0) is 86.3 Å². The quantitative estimate of drug-likeness (QED) is 0.116. The van der Waals surface area contributed by atoms with Crippen molar-refractivity contribution in [3.8, 4) is 0 Å². The highest BCUT2D eigenvalue weighted by atomic mass is 15.2. The maximum absolute atomic E-state index is 8.98. The number of hydrogen-bond acceptors (Lipinski definition) is 8. The Hall–Kier alpha value is -5.58. The van der Waals surface area contributed by atoms with Gasteiger partial charge in [0.1, 0.15) is 11.6 Å². The molecular weight excluding hydrogens is 621 g/mol. The number of nitrogens with one attached hydrogen (secondary N) is 4. The number of aliphatic imine (C=N–C) groups is 2. The normalized spacial score (nSPS) is 14.0. The van der Waals surface area contributed by atoms with Gasteiger partial charge in [0.05, 0.1) is 69.4 Å². The highest BCUT2D eigenvalue weighted by Gasteiger charge is 2.26. The zero-order valence-electron chi connectivity index (χ0n) is 28.9. The average Bonchev–Trinajstić information content (AvgIpc) is 3.82. The van der Waals surface area contributed by atoms with Gasteiger partial charge in [-0.25, -0.2) is 20.0 Å². The van der Waals surface area contributed by atoms with Crippen LogP contribution in [-0.2, 0) is 13.1 Å². The lowest BCUT2D eigenvalue weighted by molar-refractivity contribution is 0.221. The van der Waals surface area contributed by atoms with Crippen molar-refractivity contribution in [2.45, 2.75) is 40.8 Å². The van der Waals surface area contributed by atoms with Crippen molar-refractivity contribution >= 4 is 56.3 Å². The van der Waals surface area contributed by atoms with Crippen LogP contribution in [0.5, 0.6) is 0 Å². The fraction of sp³-hybridized carbons (Fsp3) is 0.250. The monoisotopic (exact) mass is 660 g/mol.